The minimum absolute atomic E-state index is 0.227. The molecular weight excluding hydrogens is 226 g/mol. The molecule has 1 fully saturated rings. The van der Waals surface area contributed by atoms with Crippen LogP contribution in [-0.4, -0.2) is 35.6 Å². The van der Waals surface area contributed by atoms with Gasteiger partial charge in [0, 0.05) is 26.1 Å². The average molecular weight is 255 g/mol. The number of hydrogen-bond donors (Lipinski definition) is 1. The van der Waals surface area contributed by atoms with Gasteiger partial charge in [0.05, 0.1) is 0 Å². The Balaban J connectivity index is 2.35. The number of aliphatic hydroxyl groups is 1. The number of carbonyl (C=O) groups excluding carboxylic acids is 1. The Morgan fingerprint density at radius 3 is 2.22 bits per heavy atom. The van der Waals surface area contributed by atoms with Crippen molar-refractivity contribution in [1.82, 2.24) is 4.90 Å². The maximum atomic E-state index is 12.1. The molecule has 3 nitrogen and oxygen atoms in total. The van der Waals surface area contributed by atoms with Crippen LogP contribution in [0.25, 0.3) is 0 Å². The molecule has 0 aromatic carbocycles. The van der Waals surface area contributed by atoms with Crippen molar-refractivity contribution in [2.75, 3.05) is 13.7 Å². The van der Waals surface area contributed by atoms with E-state index >= 15 is 0 Å². The third-order valence-corrected chi connectivity index (χ3v) is 4.10. The highest BCUT2D eigenvalue weighted by Crippen LogP contribution is 2.28. The van der Waals surface area contributed by atoms with Crippen molar-refractivity contribution in [3.63, 3.8) is 0 Å². The Morgan fingerprint density at radius 1 is 1.22 bits per heavy atom. The molecule has 0 aromatic heterocycles. The first-order valence-corrected chi connectivity index (χ1v) is 7.20. The van der Waals surface area contributed by atoms with Crippen LogP contribution in [0.4, 0.5) is 0 Å². The van der Waals surface area contributed by atoms with E-state index in [0.29, 0.717) is 25.0 Å². The van der Waals surface area contributed by atoms with Gasteiger partial charge in [-0.05, 0) is 43.4 Å². The van der Waals surface area contributed by atoms with Gasteiger partial charge in [-0.15, -0.1) is 0 Å². The van der Waals surface area contributed by atoms with E-state index in [0.717, 1.165) is 32.1 Å². The van der Waals surface area contributed by atoms with Gasteiger partial charge < -0.3 is 10.0 Å². The molecule has 0 aliphatic heterocycles. The van der Waals surface area contributed by atoms with Gasteiger partial charge in [-0.1, -0.05) is 20.8 Å². The first-order valence-electron chi connectivity index (χ1n) is 7.20. The Kier molecular flexibility index (Phi) is 5.64. The highest BCUT2D eigenvalue weighted by molar-refractivity contribution is 5.76. The summed E-state index contributed by atoms with van der Waals surface area (Å²) in [7, 11) is 1.94. The van der Waals surface area contributed by atoms with Crippen LogP contribution in [0.2, 0.25) is 0 Å². The summed E-state index contributed by atoms with van der Waals surface area (Å²) in [6.07, 6.45) is 5.80. The molecule has 1 amide bonds. The standard InChI is InChI=1S/C15H29NO2/c1-15(2,3)10-9-14(18)16(4)13-7-5-12(11-17)6-8-13/h12-13,17H,5-11H2,1-4H3. The van der Waals surface area contributed by atoms with Gasteiger partial charge in [0.2, 0.25) is 5.91 Å². The molecule has 0 spiro atoms. The lowest BCUT2D eigenvalue weighted by atomic mass is 9.85. The molecule has 106 valence electrons. The number of aliphatic hydroxyl groups excluding tert-OH is 1. The lowest BCUT2D eigenvalue weighted by Gasteiger charge is -2.34. The molecular formula is C15H29NO2. The molecule has 1 aliphatic rings. The van der Waals surface area contributed by atoms with Crippen molar-refractivity contribution in [3.05, 3.63) is 0 Å². The van der Waals surface area contributed by atoms with Gasteiger partial charge >= 0.3 is 0 Å². The fraction of sp³-hybridized carbons (Fsp3) is 0.933. The average Bonchev–Trinajstić information content (AvgIpc) is 2.34. The Hall–Kier alpha value is -0.570. The molecule has 0 radical (unpaired) electrons. The van der Waals surface area contributed by atoms with E-state index in [1.807, 2.05) is 11.9 Å². The molecule has 1 N–H and O–H groups in total. The van der Waals surface area contributed by atoms with Crippen LogP contribution in [0, 0.1) is 11.3 Å². The van der Waals surface area contributed by atoms with Crippen LogP contribution in [0.5, 0.6) is 0 Å². The quantitative estimate of drug-likeness (QED) is 0.839. The van der Waals surface area contributed by atoms with Crippen LogP contribution in [0.15, 0.2) is 0 Å². The molecule has 1 rings (SSSR count). The number of hydrogen-bond acceptors (Lipinski definition) is 2. The topological polar surface area (TPSA) is 40.5 Å². The summed E-state index contributed by atoms with van der Waals surface area (Å²) in [5, 5.41) is 9.12. The molecule has 3 heteroatoms. The second kappa shape index (κ2) is 6.55. The fourth-order valence-corrected chi connectivity index (χ4v) is 2.58. The maximum Gasteiger partial charge on any atom is 0.222 e. The fourth-order valence-electron chi connectivity index (χ4n) is 2.58. The maximum absolute atomic E-state index is 12.1. The molecule has 1 saturated carbocycles. The third-order valence-electron chi connectivity index (χ3n) is 4.10. The molecule has 18 heavy (non-hydrogen) atoms. The minimum atomic E-state index is 0.227. The normalized spacial score (nSPS) is 24.9. The summed E-state index contributed by atoms with van der Waals surface area (Å²) in [4.78, 5) is 14.1. The number of amides is 1. The summed E-state index contributed by atoms with van der Waals surface area (Å²) in [6, 6.07) is 0.389. The molecule has 0 saturated heterocycles. The highest BCUT2D eigenvalue weighted by atomic mass is 16.3. The monoisotopic (exact) mass is 255 g/mol. The zero-order valence-electron chi connectivity index (χ0n) is 12.4. The van der Waals surface area contributed by atoms with E-state index in [-0.39, 0.29) is 11.3 Å². The van der Waals surface area contributed by atoms with Gasteiger partial charge in [-0.2, -0.15) is 0 Å². The van der Waals surface area contributed by atoms with E-state index in [4.69, 9.17) is 5.11 Å². The van der Waals surface area contributed by atoms with Crippen LogP contribution >= 0.6 is 0 Å². The summed E-state index contributed by atoms with van der Waals surface area (Å²) < 4.78 is 0. The molecule has 0 heterocycles. The smallest absolute Gasteiger partial charge is 0.222 e. The van der Waals surface area contributed by atoms with Crippen molar-refractivity contribution in [3.8, 4) is 0 Å². The third kappa shape index (κ3) is 4.97. The zero-order chi connectivity index (χ0) is 13.8. The van der Waals surface area contributed by atoms with E-state index in [9.17, 15) is 4.79 Å². The number of nitrogens with zero attached hydrogens (tertiary/aromatic N) is 1. The lowest BCUT2D eigenvalue weighted by Crippen LogP contribution is -2.40. The van der Waals surface area contributed by atoms with Crippen LogP contribution in [0.3, 0.4) is 0 Å². The Labute approximate surface area is 112 Å². The Morgan fingerprint density at radius 2 is 1.78 bits per heavy atom. The van der Waals surface area contributed by atoms with Crippen molar-refractivity contribution < 1.29 is 9.90 Å². The van der Waals surface area contributed by atoms with Crippen LogP contribution < -0.4 is 0 Å². The van der Waals surface area contributed by atoms with Gasteiger partial charge in [-0.3, -0.25) is 4.79 Å². The first kappa shape index (κ1) is 15.5. The summed E-state index contributed by atoms with van der Waals surface area (Å²) >= 11 is 0. The van der Waals surface area contributed by atoms with Gasteiger partial charge in [0.1, 0.15) is 0 Å². The van der Waals surface area contributed by atoms with Crippen LogP contribution in [0.1, 0.15) is 59.3 Å². The summed E-state index contributed by atoms with van der Waals surface area (Å²) in [6.45, 7) is 6.82. The summed E-state index contributed by atoms with van der Waals surface area (Å²) in [5.74, 6) is 0.733. The second-order valence-electron chi connectivity index (χ2n) is 6.92. The summed E-state index contributed by atoms with van der Waals surface area (Å²) in [5.41, 5.74) is 0.227. The number of carbonyl (C=O) groups is 1. The van der Waals surface area contributed by atoms with Crippen molar-refractivity contribution in [1.29, 1.82) is 0 Å². The van der Waals surface area contributed by atoms with Gasteiger partial charge in [0.25, 0.3) is 0 Å². The van der Waals surface area contributed by atoms with Gasteiger partial charge in [0.15, 0.2) is 0 Å². The van der Waals surface area contributed by atoms with Crippen LogP contribution in [-0.2, 0) is 4.79 Å². The van der Waals surface area contributed by atoms with Crippen molar-refractivity contribution in [2.45, 2.75) is 65.3 Å². The SMILES string of the molecule is CN(C(=O)CCC(C)(C)C)C1CCC(CO)CC1. The van der Waals surface area contributed by atoms with E-state index in [2.05, 4.69) is 20.8 Å². The molecule has 1 aliphatic carbocycles. The largest absolute Gasteiger partial charge is 0.396 e. The zero-order valence-corrected chi connectivity index (χ0v) is 12.4. The van der Waals surface area contributed by atoms with E-state index in [1.54, 1.807) is 0 Å². The predicted molar refractivity (Wildman–Crippen MR) is 74.3 cm³/mol. The molecule has 0 unspecified atom stereocenters. The molecule has 0 aromatic rings. The first-order chi connectivity index (χ1) is 8.33. The predicted octanol–water partition coefficient (Wildman–Crippen LogP) is 2.82. The van der Waals surface area contributed by atoms with Gasteiger partial charge in [-0.25, -0.2) is 0 Å². The minimum Gasteiger partial charge on any atom is -0.396 e. The highest BCUT2D eigenvalue weighted by Gasteiger charge is 2.26. The number of rotatable bonds is 4. The lowest BCUT2D eigenvalue weighted by molar-refractivity contribution is -0.133. The van der Waals surface area contributed by atoms with E-state index in [1.165, 1.54) is 0 Å². The van der Waals surface area contributed by atoms with Crippen molar-refractivity contribution >= 4 is 5.91 Å². The molecule has 0 bridgehead atoms. The second-order valence-corrected chi connectivity index (χ2v) is 6.92. The van der Waals surface area contributed by atoms with E-state index < -0.39 is 0 Å². The van der Waals surface area contributed by atoms with Crippen molar-refractivity contribution in [2.24, 2.45) is 11.3 Å². The Bertz CT molecular complexity index is 262. The molecule has 0 atom stereocenters.